The summed E-state index contributed by atoms with van der Waals surface area (Å²) in [6.07, 6.45) is 1.62. The smallest absolute Gasteiger partial charge is 0.288 e. The first-order chi connectivity index (χ1) is 13.1. The van der Waals surface area contributed by atoms with Gasteiger partial charge >= 0.3 is 0 Å². The zero-order valence-electron chi connectivity index (χ0n) is 14.6. The van der Waals surface area contributed by atoms with Crippen LogP contribution in [0.4, 0.5) is 0 Å². The number of halogens is 1. The Morgan fingerprint density at radius 1 is 1.19 bits per heavy atom. The molecule has 0 aliphatic heterocycles. The number of aromatic amines is 1. The molecule has 2 aromatic heterocycles. The number of rotatable bonds is 4. The fourth-order valence-corrected chi connectivity index (χ4v) is 3.44. The van der Waals surface area contributed by atoms with Crippen LogP contribution in [0.3, 0.4) is 0 Å². The van der Waals surface area contributed by atoms with Crippen molar-refractivity contribution >= 4 is 39.3 Å². The van der Waals surface area contributed by atoms with Crippen LogP contribution < -0.4 is 10.9 Å². The summed E-state index contributed by atoms with van der Waals surface area (Å²) in [5, 5.41) is 11.6. The number of H-pyrrole nitrogens is 1. The summed E-state index contributed by atoms with van der Waals surface area (Å²) in [6, 6.07) is 14.3. The lowest BCUT2D eigenvalue weighted by Gasteiger charge is -2.16. The highest BCUT2D eigenvalue weighted by Gasteiger charge is 2.22. The van der Waals surface area contributed by atoms with Gasteiger partial charge in [-0.3, -0.25) is 9.59 Å². The Bertz CT molecular complexity index is 1190. The van der Waals surface area contributed by atoms with Crippen LogP contribution in [-0.2, 0) is 11.3 Å². The minimum atomic E-state index is -0.566. The molecule has 0 unspecified atom stereocenters. The van der Waals surface area contributed by atoms with Gasteiger partial charge in [0.1, 0.15) is 11.6 Å². The number of para-hydroxylation sites is 1. The standard InChI is InChI=1S/C20H17ClN4O2/c1-12(19(26)22-10-13-6-8-14(21)9-7-13)25-17-5-3-2-4-15(17)16-11-23-24-20(27)18(16)25/h2-9,11-12H,10H2,1H3,(H,22,26)(H,24,27)/t12-/m1/s1. The summed E-state index contributed by atoms with van der Waals surface area (Å²) in [5.74, 6) is -0.177. The molecule has 0 aliphatic carbocycles. The van der Waals surface area contributed by atoms with Crippen LogP contribution in [-0.4, -0.2) is 20.7 Å². The lowest BCUT2D eigenvalue weighted by atomic mass is 10.2. The quantitative estimate of drug-likeness (QED) is 0.569. The summed E-state index contributed by atoms with van der Waals surface area (Å²) in [6.45, 7) is 2.17. The number of carbonyl (C=O) groups excluding carboxylic acids is 1. The highest BCUT2D eigenvalue weighted by Crippen LogP contribution is 2.29. The molecule has 0 spiro atoms. The number of hydrogen-bond donors (Lipinski definition) is 2. The number of nitrogens with one attached hydrogen (secondary N) is 2. The molecular formula is C20H17ClN4O2. The van der Waals surface area contributed by atoms with E-state index in [1.165, 1.54) is 0 Å². The van der Waals surface area contributed by atoms with Gasteiger partial charge in [0.15, 0.2) is 0 Å². The molecule has 0 saturated carbocycles. The molecule has 4 aromatic rings. The Hall–Kier alpha value is -3.12. The van der Waals surface area contributed by atoms with Crippen LogP contribution in [0.15, 0.2) is 59.5 Å². The highest BCUT2D eigenvalue weighted by atomic mass is 35.5. The van der Waals surface area contributed by atoms with Crippen molar-refractivity contribution in [2.24, 2.45) is 0 Å². The van der Waals surface area contributed by atoms with Gasteiger partial charge in [0.05, 0.1) is 11.7 Å². The van der Waals surface area contributed by atoms with Gasteiger partial charge in [0.25, 0.3) is 5.56 Å². The van der Waals surface area contributed by atoms with Crippen LogP contribution >= 0.6 is 11.6 Å². The van der Waals surface area contributed by atoms with Crippen molar-refractivity contribution in [2.45, 2.75) is 19.5 Å². The Morgan fingerprint density at radius 3 is 2.70 bits per heavy atom. The summed E-state index contributed by atoms with van der Waals surface area (Å²) >= 11 is 5.89. The molecule has 27 heavy (non-hydrogen) atoms. The van der Waals surface area contributed by atoms with E-state index < -0.39 is 6.04 Å². The maximum atomic E-state index is 12.8. The minimum absolute atomic E-state index is 0.177. The van der Waals surface area contributed by atoms with Gasteiger partial charge < -0.3 is 9.88 Å². The molecule has 0 radical (unpaired) electrons. The van der Waals surface area contributed by atoms with Crippen molar-refractivity contribution in [1.29, 1.82) is 0 Å². The van der Waals surface area contributed by atoms with Gasteiger partial charge in [-0.15, -0.1) is 0 Å². The Morgan fingerprint density at radius 2 is 1.93 bits per heavy atom. The van der Waals surface area contributed by atoms with Gasteiger partial charge in [0.2, 0.25) is 5.91 Å². The number of nitrogens with zero attached hydrogens (tertiary/aromatic N) is 2. The first-order valence-corrected chi connectivity index (χ1v) is 8.92. The maximum absolute atomic E-state index is 12.8. The second kappa shape index (κ2) is 6.89. The molecule has 6 nitrogen and oxygen atoms in total. The number of amides is 1. The van der Waals surface area contributed by atoms with E-state index in [0.29, 0.717) is 17.1 Å². The Kier molecular flexibility index (Phi) is 4.41. The predicted molar refractivity (Wildman–Crippen MR) is 106 cm³/mol. The van der Waals surface area contributed by atoms with Crippen LogP contribution in [0.25, 0.3) is 21.8 Å². The van der Waals surface area contributed by atoms with Gasteiger partial charge in [0, 0.05) is 22.3 Å². The third-order valence-corrected chi connectivity index (χ3v) is 4.92. The van der Waals surface area contributed by atoms with Crippen molar-refractivity contribution in [3.05, 3.63) is 75.7 Å². The number of carbonyl (C=O) groups is 1. The van der Waals surface area contributed by atoms with Crippen LogP contribution in [0.2, 0.25) is 5.02 Å². The van der Waals surface area contributed by atoms with Crippen LogP contribution in [0.1, 0.15) is 18.5 Å². The summed E-state index contributed by atoms with van der Waals surface area (Å²) < 4.78 is 1.77. The van der Waals surface area contributed by atoms with E-state index >= 15 is 0 Å². The number of benzene rings is 2. The van der Waals surface area contributed by atoms with Crippen LogP contribution in [0, 0.1) is 0 Å². The topological polar surface area (TPSA) is 79.8 Å². The predicted octanol–water partition coefficient (Wildman–Crippen LogP) is 3.41. The van der Waals surface area contributed by atoms with Crippen molar-refractivity contribution in [1.82, 2.24) is 20.1 Å². The zero-order valence-corrected chi connectivity index (χ0v) is 15.3. The van der Waals surface area contributed by atoms with Gasteiger partial charge in [-0.1, -0.05) is 41.9 Å². The molecule has 2 N–H and O–H groups in total. The minimum Gasteiger partial charge on any atom is -0.350 e. The molecule has 2 heterocycles. The van der Waals surface area contributed by atoms with Crippen molar-refractivity contribution in [2.75, 3.05) is 0 Å². The molecule has 1 atom stereocenters. The van der Waals surface area contributed by atoms with Gasteiger partial charge in [-0.05, 0) is 30.7 Å². The largest absolute Gasteiger partial charge is 0.350 e. The van der Waals surface area contributed by atoms with E-state index in [1.807, 2.05) is 36.4 Å². The summed E-state index contributed by atoms with van der Waals surface area (Å²) in [5.41, 5.74) is 1.89. The zero-order chi connectivity index (χ0) is 19.0. The second-order valence-electron chi connectivity index (χ2n) is 6.37. The molecule has 0 aliphatic rings. The molecule has 0 saturated heterocycles. The van der Waals surface area contributed by atoms with E-state index in [2.05, 4.69) is 15.5 Å². The molecule has 136 valence electrons. The molecule has 1 amide bonds. The second-order valence-corrected chi connectivity index (χ2v) is 6.81. The molecule has 7 heteroatoms. The third-order valence-electron chi connectivity index (χ3n) is 4.67. The monoisotopic (exact) mass is 380 g/mol. The SMILES string of the molecule is C[C@H](C(=O)NCc1ccc(Cl)cc1)n1c2ccccc2c2cn[nH]c(=O)c21. The third kappa shape index (κ3) is 3.08. The van der Waals surface area contributed by atoms with Crippen molar-refractivity contribution in [3.8, 4) is 0 Å². The highest BCUT2D eigenvalue weighted by molar-refractivity contribution is 6.30. The fraction of sp³-hybridized carbons (Fsp3) is 0.150. The van der Waals surface area contributed by atoms with Gasteiger partial charge in [-0.25, -0.2) is 5.10 Å². The van der Waals surface area contributed by atoms with E-state index in [1.54, 1.807) is 29.8 Å². The fourth-order valence-electron chi connectivity index (χ4n) is 3.32. The lowest BCUT2D eigenvalue weighted by molar-refractivity contribution is -0.123. The Labute approximate surface area is 159 Å². The number of fused-ring (bicyclic) bond motifs is 3. The lowest BCUT2D eigenvalue weighted by Crippen LogP contribution is -2.31. The van der Waals surface area contributed by atoms with Crippen molar-refractivity contribution in [3.63, 3.8) is 0 Å². The van der Waals surface area contributed by atoms with E-state index in [4.69, 9.17) is 11.6 Å². The van der Waals surface area contributed by atoms with Crippen molar-refractivity contribution < 1.29 is 4.79 Å². The number of hydrogen-bond acceptors (Lipinski definition) is 3. The molecular weight excluding hydrogens is 364 g/mol. The first-order valence-electron chi connectivity index (χ1n) is 8.54. The van der Waals surface area contributed by atoms with E-state index in [-0.39, 0.29) is 11.5 Å². The average Bonchev–Trinajstić information content (AvgIpc) is 3.02. The molecule has 0 fully saturated rings. The summed E-state index contributed by atoms with van der Waals surface area (Å²) in [4.78, 5) is 25.2. The summed E-state index contributed by atoms with van der Waals surface area (Å²) in [7, 11) is 0. The Balaban J connectivity index is 1.71. The van der Waals surface area contributed by atoms with Crippen LogP contribution in [0.5, 0.6) is 0 Å². The maximum Gasteiger partial charge on any atom is 0.288 e. The van der Waals surface area contributed by atoms with Gasteiger partial charge in [-0.2, -0.15) is 5.10 Å². The normalized spacial score (nSPS) is 12.4. The molecule has 2 aromatic carbocycles. The van der Waals surface area contributed by atoms with E-state index in [0.717, 1.165) is 21.9 Å². The number of aromatic nitrogens is 3. The first kappa shape index (κ1) is 17.3. The van der Waals surface area contributed by atoms with E-state index in [9.17, 15) is 9.59 Å². The average molecular weight is 381 g/mol. The molecule has 4 rings (SSSR count). The molecule has 0 bridgehead atoms.